The molecule has 0 amide bonds. The van der Waals surface area contributed by atoms with Gasteiger partial charge in [-0.25, -0.2) is 0 Å². The zero-order valence-electron chi connectivity index (χ0n) is 22.5. The Labute approximate surface area is 236 Å². The largest absolute Gasteiger partial charge is 0.392 e. The molecule has 0 aliphatic carbocycles. The Kier molecular flexibility index (Phi) is 9.51. The smallest absolute Gasteiger partial charge is 0.0721 e. The third-order valence-corrected chi connectivity index (χ3v) is 6.84. The lowest BCUT2D eigenvalue weighted by molar-refractivity contribution is 0.105. The number of aliphatic hydroxyl groups is 2. The summed E-state index contributed by atoms with van der Waals surface area (Å²) in [6.07, 6.45) is 0. The maximum absolute atomic E-state index is 9.42. The highest BCUT2D eigenvalue weighted by atomic mass is 16.5. The van der Waals surface area contributed by atoms with Crippen LogP contribution in [0, 0.1) is 0 Å². The Balaban J connectivity index is 1.09. The first kappa shape index (κ1) is 27.5. The van der Waals surface area contributed by atoms with Gasteiger partial charge in [0.1, 0.15) is 0 Å². The van der Waals surface area contributed by atoms with Crippen molar-refractivity contribution in [2.75, 3.05) is 0 Å². The van der Waals surface area contributed by atoms with Crippen molar-refractivity contribution in [3.05, 3.63) is 155 Å². The minimum absolute atomic E-state index is 0.0392. The van der Waals surface area contributed by atoms with Gasteiger partial charge in [0.25, 0.3) is 0 Å². The Morgan fingerprint density at radius 2 is 0.650 bits per heavy atom. The molecular formula is C36H34O4. The molecule has 4 nitrogen and oxygen atoms in total. The standard InChI is InChI=1S/C36H34O4/c37-21-29-5-1-9-33(17-29)35-11-3-7-31(19-35)25-39-23-27-13-15-28(16-14-27)24-40-26-32-8-4-12-36(20-32)34-10-2-6-30(18-34)22-38/h1-20,37-38H,21-26H2. The van der Waals surface area contributed by atoms with Crippen LogP contribution in [0.1, 0.15) is 33.4 Å². The number of hydrogen-bond donors (Lipinski definition) is 2. The van der Waals surface area contributed by atoms with Crippen molar-refractivity contribution in [1.82, 2.24) is 0 Å². The summed E-state index contributed by atoms with van der Waals surface area (Å²) in [5.41, 5.74) is 10.7. The Morgan fingerprint density at radius 3 is 1.00 bits per heavy atom. The van der Waals surface area contributed by atoms with Gasteiger partial charge >= 0.3 is 0 Å². The highest BCUT2D eigenvalue weighted by Crippen LogP contribution is 2.24. The summed E-state index contributed by atoms with van der Waals surface area (Å²) in [6, 6.07) is 40.9. The summed E-state index contributed by atoms with van der Waals surface area (Å²) in [4.78, 5) is 0. The van der Waals surface area contributed by atoms with Crippen LogP contribution in [0.15, 0.2) is 121 Å². The topological polar surface area (TPSA) is 58.9 Å². The molecule has 0 bridgehead atoms. The van der Waals surface area contributed by atoms with Crippen LogP contribution < -0.4 is 0 Å². The quantitative estimate of drug-likeness (QED) is 0.176. The molecule has 0 aromatic heterocycles. The van der Waals surface area contributed by atoms with Gasteiger partial charge in [-0.3, -0.25) is 0 Å². The van der Waals surface area contributed by atoms with Crippen LogP contribution in [0.5, 0.6) is 0 Å². The number of benzene rings is 5. The van der Waals surface area contributed by atoms with Gasteiger partial charge in [-0.1, -0.05) is 97.1 Å². The molecule has 5 aromatic rings. The molecule has 0 fully saturated rings. The molecular weight excluding hydrogens is 496 g/mol. The lowest BCUT2D eigenvalue weighted by Crippen LogP contribution is -1.97. The fourth-order valence-electron chi connectivity index (χ4n) is 4.69. The normalized spacial score (nSPS) is 11.1. The number of aliphatic hydroxyl groups excluding tert-OH is 2. The van der Waals surface area contributed by atoms with E-state index in [1.54, 1.807) is 0 Å². The van der Waals surface area contributed by atoms with E-state index in [-0.39, 0.29) is 13.2 Å². The van der Waals surface area contributed by atoms with Crippen LogP contribution in [0.3, 0.4) is 0 Å². The van der Waals surface area contributed by atoms with Crippen molar-refractivity contribution in [2.45, 2.75) is 39.6 Å². The van der Waals surface area contributed by atoms with Crippen LogP contribution in [0.2, 0.25) is 0 Å². The zero-order chi connectivity index (χ0) is 27.6. The van der Waals surface area contributed by atoms with Gasteiger partial charge in [-0.2, -0.15) is 0 Å². The van der Waals surface area contributed by atoms with E-state index in [0.29, 0.717) is 26.4 Å². The van der Waals surface area contributed by atoms with E-state index < -0.39 is 0 Å². The van der Waals surface area contributed by atoms with Crippen LogP contribution in [-0.4, -0.2) is 10.2 Å². The summed E-state index contributed by atoms with van der Waals surface area (Å²) in [5, 5.41) is 18.8. The van der Waals surface area contributed by atoms with Crippen LogP contribution in [-0.2, 0) is 49.1 Å². The van der Waals surface area contributed by atoms with E-state index in [4.69, 9.17) is 9.47 Å². The molecule has 0 aliphatic heterocycles. The second kappa shape index (κ2) is 13.8. The second-order valence-electron chi connectivity index (χ2n) is 9.92. The van der Waals surface area contributed by atoms with E-state index in [9.17, 15) is 10.2 Å². The van der Waals surface area contributed by atoms with Crippen LogP contribution in [0.4, 0.5) is 0 Å². The van der Waals surface area contributed by atoms with Gasteiger partial charge in [0, 0.05) is 0 Å². The first-order valence-electron chi connectivity index (χ1n) is 13.5. The van der Waals surface area contributed by atoms with Gasteiger partial charge in [-0.15, -0.1) is 0 Å². The highest BCUT2D eigenvalue weighted by Gasteiger charge is 2.04. The van der Waals surface area contributed by atoms with Gasteiger partial charge in [-0.05, 0) is 79.9 Å². The van der Waals surface area contributed by atoms with E-state index in [1.807, 2.05) is 48.5 Å². The molecule has 0 saturated heterocycles. The van der Waals surface area contributed by atoms with E-state index in [1.165, 1.54) is 0 Å². The summed E-state index contributed by atoms with van der Waals surface area (Å²) >= 11 is 0. The molecule has 0 saturated carbocycles. The van der Waals surface area contributed by atoms with Crippen LogP contribution >= 0.6 is 0 Å². The van der Waals surface area contributed by atoms with E-state index >= 15 is 0 Å². The molecule has 202 valence electrons. The molecule has 40 heavy (non-hydrogen) atoms. The molecule has 4 heteroatoms. The highest BCUT2D eigenvalue weighted by molar-refractivity contribution is 5.65. The Bertz CT molecular complexity index is 1410. The van der Waals surface area contributed by atoms with E-state index in [2.05, 4.69) is 72.8 Å². The van der Waals surface area contributed by atoms with E-state index in [0.717, 1.165) is 55.6 Å². The first-order chi connectivity index (χ1) is 19.7. The average molecular weight is 531 g/mol. The Morgan fingerprint density at radius 1 is 0.350 bits per heavy atom. The van der Waals surface area contributed by atoms with Crippen molar-refractivity contribution in [3.63, 3.8) is 0 Å². The van der Waals surface area contributed by atoms with Gasteiger partial charge in [0.2, 0.25) is 0 Å². The molecule has 0 spiro atoms. The maximum atomic E-state index is 9.42. The van der Waals surface area contributed by atoms with Crippen LogP contribution in [0.25, 0.3) is 22.3 Å². The summed E-state index contributed by atoms with van der Waals surface area (Å²) in [5.74, 6) is 0. The molecule has 0 unspecified atom stereocenters. The molecule has 0 atom stereocenters. The predicted octanol–water partition coefficient (Wildman–Crippen LogP) is 7.44. The molecule has 0 radical (unpaired) electrons. The lowest BCUT2D eigenvalue weighted by Gasteiger charge is -2.10. The molecule has 0 aliphatic rings. The minimum Gasteiger partial charge on any atom is -0.392 e. The predicted molar refractivity (Wildman–Crippen MR) is 159 cm³/mol. The minimum atomic E-state index is 0.0392. The zero-order valence-corrected chi connectivity index (χ0v) is 22.5. The maximum Gasteiger partial charge on any atom is 0.0721 e. The van der Waals surface area contributed by atoms with Gasteiger partial charge in [0.05, 0.1) is 39.6 Å². The summed E-state index contributed by atoms with van der Waals surface area (Å²) in [7, 11) is 0. The van der Waals surface area contributed by atoms with Crippen molar-refractivity contribution in [2.24, 2.45) is 0 Å². The summed E-state index contributed by atoms with van der Waals surface area (Å²) < 4.78 is 12.0. The lowest BCUT2D eigenvalue weighted by atomic mass is 10.0. The fraction of sp³-hybridized carbons (Fsp3) is 0.167. The molecule has 5 rings (SSSR count). The number of rotatable bonds is 12. The first-order valence-corrected chi connectivity index (χ1v) is 13.5. The molecule has 0 heterocycles. The van der Waals surface area contributed by atoms with Gasteiger partial charge < -0.3 is 19.7 Å². The number of hydrogen-bond acceptors (Lipinski definition) is 4. The second-order valence-corrected chi connectivity index (χ2v) is 9.92. The number of ether oxygens (including phenoxy) is 2. The fourth-order valence-corrected chi connectivity index (χ4v) is 4.69. The summed E-state index contributed by atoms with van der Waals surface area (Å²) in [6.45, 7) is 2.21. The third-order valence-electron chi connectivity index (χ3n) is 6.84. The average Bonchev–Trinajstić information content (AvgIpc) is 3.02. The van der Waals surface area contributed by atoms with Crippen molar-refractivity contribution in [1.29, 1.82) is 0 Å². The molecule has 5 aromatic carbocycles. The molecule has 2 N–H and O–H groups in total. The monoisotopic (exact) mass is 530 g/mol. The van der Waals surface area contributed by atoms with Crippen molar-refractivity contribution in [3.8, 4) is 22.3 Å². The Hall–Kier alpha value is -4.06. The third kappa shape index (κ3) is 7.53. The van der Waals surface area contributed by atoms with Crippen molar-refractivity contribution >= 4 is 0 Å². The van der Waals surface area contributed by atoms with Gasteiger partial charge in [0.15, 0.2) is 0 Å². The van der Waals surface area contributed by atoms with Crippen molar-refractivity contribution < 1.29 is 19.7 Å². The SMILES string of the molecule is OCc1cccc(-c2cccc(COCc3ccc(COCc4cccc(-c5cccc(CO)c5)c4)cc3)c2)c1.